The lowest BCUT2D eigenvalue weighted by Gasteiger charge is -2.19. The number of para-hydroxylation sites is 1. The molecule has 1 atom stereocenters. The molecule has 2 heterocycles. The fourth-order valence-electron chi connectivity index (χ4n) is 3.29. The first-order valence-electron chi connectivity index (χ1n) is 8.60. The van der Waals surface area contributed by atoms with E-state index in [0.717, 1.165) is 22.0 Å². The van der Waals surface area contributed by atoms with Crippen molar-refractivity contribution in [3.05, 3.63) is 93.5 Å². The number of aryl methyl sites for hydroxylation is 2. The zero-order chi connectivity index (χ0) is 18.1. The predicted molar refractivity (Wildman–Crippen MR) is 107 cm³/mol. The average Bonchev–Trinajstić information content (AvgIpc) is 2.82. The van der Waals surface area contributed by atoms with E-state index in [4.69, 9.17) is 9.41 Å². The Morgan fingerprint density at radius 2 is 1.77 bits per heavy atom. The minimum Gasteiger partial charge on any atom is -0.428 e. The second-order valence-electron chi connectivity index (χ2n) is 6.43. The van der Waals surface area contributed by atoms with Gasteiger partial charge in [-0.25, -0.2) is 4.79 Å². The van der Waals surface area contributed by atoms with Crippen LogP contribution in [0.25, 0.3) is 0 Å². The van der Waals surface area contributed by atoms with Gasteiger partial charge in [0.1, 0.15) is 5.76 Å². The normalized spacial score (nSPS) is 16.5. The zero-order valence-corrected chi connectivity index (χ0v) is 15.5. The molecule has 0 fully saturated rings. The fourth-order valence-corrected chi connectivity index (χ4v) is 4.41. The van der Waals surface area contributed by atoms with E-state index in [1.54, 1.807) is 18.7 Å². The zero-order valence-electron chi connectivity index (χ0n) is 14.7. The van der Waals surface area contributed by atoms with Crippen molar-refractivity contribution in [2.75, 3.05) is 5.75 Å². The molecule has 0 N–H and O–H groups in total. The van der Waals surface area contributed by atoms with Gasteiger partial charge in [0.25, 0.3) is 0 Å². The van der Waals surface area contributed by atoms with Gasteiger partial charge >= 0.3 is 5.63 Å². The second kappa shape index (κ2) is 6.96. The minimum absolute atomic E-state index is 0.0270. The SMILES string of the molecule is Cc1ccc(C2=Nc3ccccc3SCC2c2ccccc2C)c(=O)o1. The van der Waals surface area contributed by atoms with Crippen LogP contribution in [0.5, 0.6) is 0 Å². The molecule has 130 valence electrons. The summed E-state index contributed by atoms with van der Waals surface area (Å²) in [5, 5.41) is 0. The van der Waals surface area contributed by atoms with Gasteiger partial charge in [0.15, 0.2) is 0 Å². The molecule has 0 saturated carbocycles. The molecule has 1 aromatic heterocycles. The molecule has 26 heavy (non-hydrogen) atoms. The molecule has 0 amide bonds. The van der Waals surface area contributed by atoms with Crippen molar-refractivity contribution in [1.29, 1.82) is 0 Å². The maximum atomic E-state index is 12.6. The summed E-state index contributed by atoms with van der Waals surface area (Å²) in [6.07, 6.45) is 0. The maximum Gasteiger partial charge on any atom is 0.345 e. The molecule has 4 heteroatoms. The first-order chi connectivity index (χ1) is 12.6. The Labute approximate surface area is 156 Å². The third-order valence-corrected chi connectivity index (χ3v) is 5.80. The lowest BCUT2D eigenvalue weighted by Crippen LogP contribution is -2.23. The molecule has 3 aromatic rings. The smallest absolute Gasteiger partial charge is 0.345 e. The van der Waals surface area contributed by atoms with Crippen LogP contribution in [-0.4, -0.2) is 11.5 Å². The molecule has 1 aliphatic rings. The van der Waals surface area contributed by atoms with Gasteiger partial charge in [-0.15, -0.1) is 11.8 Å². The van der Waals surface area contributed by atoms with Crippen molar-refractivity contribution >= 4 is 23.2 Å². The van der Waals surface area contributed by atoms with E-state index in [2.05, 4.69) is 25.1 Å². The summed E-state index contributed by atoms with van der Waals surface area (Å²) in [5.41, 5.74) is 4.31. The first kappa shape index (κ1) is 16.9. The Bertz CT molecular complexity index is 1050. The molecular weight excluding hydrogens is 342 g/mol. The Hall–Kier alpha value is -2.59. The molecular formula is C22H19NO2S. The Kier molecular flexibility index (Phi) is 4.51. The van der Waals surface area contributed by atoms with Gasteiger partial charge in [0, 0.05) is 16.6 Å². The van der Waals surface area contributed by atoms with E-state index in [1.807, 2.05) is 42.5 Å². The number of aliphatic imine (C=N–C) groups is 1. The van der Waals surface area contributed by atoms with Crippen LogP contribution in [-0.2, 0) is 0 Å². The van der Waals surface area contributed by atoms with Gasteiger partial charge in [-0.1, -0.05) is 36.4 Å². The van der Waals surface area contributed by atoms with Gasteiger partial charge in [0.2, 0.25) is 0 Å². The van der Waals surface area contributed by atoms with Crippen molar-refractivity contribution in [2.24, 2.45) is 4.99 Å². The molecule has 0 spiro atoms. The van der Waals surface area contributed by atoms with Crippen molar-refractivity contribution in [3.8, 4) is 0 Å². The number of hydrogen-bond donors (Lipinski definition) is 0. The van der Waals surface area contributed by atoms with E-state index in [1.165, 1.54) is 11.1 Å². The summed E-state index contributed by atoms with van der Waals surface area (Å²) in [5.74, 6) is 1.46. The van der Waals surface area contributed by atoms with Gasteiger partial charge < -0.3 is 4.42 Å². The molecule has 0 saturated heterocycles. The van der Waals surface area contributed by atoms with Gasteiger partial charge in [-0.05, 0) is 49.2 Å². The topological polar surface area (TPSA) is 42.6 Å². The van der Waals surface area contributed by atoms with Crippen LogP contribution in [0, 0.1) is 13.8 Å². The van der Waals surface area contributed by atoms with Crippen LogP contribution in [0.2, 0.25) is 0 Å². The van der Waals surface area contributed by atoms with E-state index >= 15 is 0 Å². The maximum absolute atomic E-state index is 12.6. The minimum atomic E-state index is -0.327. The van der Waals surface area contributed by atoms with Crippen molar-refractivity contribution in [3.63, 3.8) is 0 Å². The molecule has 0 radical (unpaired) electrons. The quantitative estimate of drug-likeness (QED) is 0.625. The standard InChI is InChI=1S/C22H19NO2S/c1-14-7-3-4-8-16(14)18-13-26-20-10-6-5-9-19(20)23-21(18)17-12-11-15(2)25-22(17)24/h3-12,18H,13H2,1-2H3. The predicted octanol–water partition coefficient (Wildman–Crippen LogP) is 5.27. The molecule has 3 nitrogen and oxygen atoms in total. The number of benzene rings is 2. The van der Waals surface area contributed by atoms with Crippen molar-refractivity contribution < 1.29 is 4.42 Å². The van der Waals surface area contributed by atoms with Crippen molar-refractivity contribution in [1.82, 2.24) is 0 Å². The van der Waals surface area contributed by atoms with E-state index < -0.39 is 0 Å². The summed E-state index contributed by atoms with van der Waals surface area (Å²) >= 11 is 1.78. The van der Waals surface area contributed by atoms with E-state index in [0.29, 0.717) is 11.3 Å². The second-order valence-corrected chi connectivity index (χ2v) is 7.49. The van der Waals surface area contributed by atoms with Crippen LogP contribution in [0.1, 0.15) is 28.4 Å². The summed E-state index contributed by atoms with van der Waals surface area (Å²) < 4.78 is 5.36. The van der Waals surface area contributed by atoms with Crippen LogP contribution in [0.3, 0.4) is 0 Å². The molecule has 1 unspecified atom stereocenters. The highest BCUT2D eigenvalue weighted by atomic mass is 32.2. The first-order valence-corrected chi connectivity index (χ1v) is 9.59. The lowest BCUT2D eigenvalue weighted by atomic mass is 9.89. The van der Waals surface area contributed by atoms with Gasteiger partial charge in [-0.2, -0.15) is 0 Å². The number of hydrogen-bond acceptors (Lipinski definition) is 4. The molecule has 1 aliphatic heterocycles. The Morgan fingerprint density at radius 3 is 2.58 bits per heavy atom. The number of rotatable bonds is 2. The van der Waals surface area contributed by atoms with Crippen LogP contribution >= 0.6 is 11.8 Å². The summed E-state index contributed by atoms with van der Waals surface area (Å²) in [6.45, 7) is 3.89. The fraction of sp³-hybridized carbons (Fsp3) is 0.182. The number of thioether (sulfide) groups is 1. The monoisotopic (exact) mass is 361 g/mol. The largest absolute Gasteiger partial charge is 0.428 e. The average molecular weight is 361 g/mol. The Balaban J connectivity index is 1.94. The highest BCUT2D eigenvalue weighted by molar-refractivity contribution is 7.99. The lowest BCUT2D eigenvalue weighted by molar-refractivity contribution is 0.478. The number of fused-ring (bicyclic) bond motifs is 1. The third-order valence-electron chi connectivity index (χ3n) is 4.64. The van der Waals surface area contributed by atoms with E-state index in [-0.39, 0.29) is 11.5 Å². The van der Waals surface area contributed by atoms with Crippen molar-refractivity contribution in [2.45, 2.75) is 24.7 Å². The summed E-state index contributed by atoms with van der Waals surface area (Å²) in [4.78, 5) is 18.6. The molecule has 0 aliphatic carbocycles. The highest BCUT2D eigenvalue weighted by Gasteiger charge is 2.27. The van der Waals surface area contributed by atoms with Gasteiger partial charge in [-0.3, -0.25) is 4.99 Å². The van der Waals surface area contributed by atoms with Crippen LogP contribution < -0.4 is 5.63 Å². The highest BCUT2D eigenvalue weighted by Crippen LogP contribution is 2.39. The molecule has 2 aromatic carbocycles. The Morgan fingerprint density at radius 1 is 1.00 bits per heavy atom. The van der Waals surface area contributed by atoms with Crippen LogP contribution in [0.15, 0.2) is 79.8 Å². The summed E-state index contributed by atoms with van der Waals surface area (Å²) in [7, 11) is 0. The van der Waals surface area contributed by atoms with Gasteiger partial charge in [0.05, 0.1) is 17.0 Å². The molecule has 4 rings (SSSR count). The molecule has 0 bridgehead atoms. The van der Waals surface area contributed by atoms with Crippen LogP contribution in [0.4, 0.5) is 5.69 Å². The number of nitrogens with zero attached hydrogens (tertiary/aromatic N) is 1. The third kappa shape index (κ3) is 3.13. The van der Waals surface area contributed by atoms with E-state index in [9.17, 15) is 4.79 Å². The summed E-state index contributed by atoms with van der Waals surface area (Å²) in [6, 6.07) is 20.1.